The number of aliphatic imine (C=N–C) groups is 1. The second-order valence-electron chi connectivity index (χ2n) is 26.6. The van der Waals surface area contributed by atoms with Gasteiger partial charge in [0.2, 0.25) is 59.1 Å². The maximum Gasteiger partial charge on any atom is 0.321 e. The molecule has 1 aliphatic heterocycles. The number of amides is 10. The van der Waals surface area contributed by atoms with E-state index in [0.717, 1.165) is 9.80 Å². The van der Waals surface area contributed by atoms with Crippen molar-refractivity contribution in [3.63, 3.8) is 0 Å². The molecule has 1 aliphatic rings. The Morgan fingerprint density at radius 3 is 1.53 bits per heavy atom. The highest BCUT2D eigenvalue weighted by molar-refractivity contribution is 6.26. The van der Waals surface area contributed by atoms with Crippen molar-refractivity contribution in [2.45, 2.75) is 222 Å². The van der Waals surface area contributed by atoms with E-state index in [1.54, 1.807) is 53.7 Å². The van der Waals surface area contributed by atoms with Crippen LogP contribution >= 0.6 is 11.6 Å². The van der Waals surface area contributed by atoms with Gasteiger partial charge in [-0.15, -0.1) is 11.6 Å². The lowest BCUT2D eigenvalue weighted by Crippen LogP contribution is -2.63. The lowest BCUT2D eigenvalue weighted by Gasteiger charge is -2.41. The number of ether oxygens (including phenoxy) is 1. The Morgan fingerprint density at radius 2 is 1.07 bits per heavy atom. The summed E-state index contributed by atoms with van der Waals surface area (Å²) >= 11 is 6.01. The monoisotopic (exact) mass is 1290 g/mol. The van der Waals surface area contributed by atoms with Crippen LogP contribution in [0, 0.1) is 35.5 Å². The van der Waals surface area contributed by atoms with Gasteiger partial charge in [-0.3, -0.25) is 57.7 Å². The molecular weight excluding hydrogens is 1180 g/mol. The molecule has 0 aromatic carbocycles. The van der Waals surface area contributed by atoms with Crippen LogP contribution in [0.3, 0.4) is 0 Å². The highest BCUT2D eigenvalue weighted by Crippen LogP contribution is 2.27. The summed E-state index contributed by atoms with van der Waals surface area (Å²) in [5.41, 5.74) is 0.166. The minimum absolute atomic E-state index is 0.0223. The van der Waals surface area contributed by atoms with Gasteiger partial charge in [-0.05, 0) is 106 Å². The molecule has 10 amide bonds. The summed E-state index contributed by atoms with van der Waals surface area (Å²) < 4.78 is 5.87. The Labute approximate surface area is 542 Å². The third kappa shape index (κ3) is 23.3. The van der Waals surface area contributed by atoms with Crippen LogP contribution in [0.2, 0.25) is 0 Å². The van der Waals surface area contributed by atoms with Crippen molar-refractivity contribution in [1.82, 2.24) is 50.2 Å². The van der Waals surface area contributed by atoms with Crippen molar-refractivity contribution in [2.24, 2.45) is 40.5 Å². The summed E-state index contributed by atoms with van der Waals surface area (Å²) in [6, 6.07) is -13.1. The fourth-order valence-corrected chi connectivity index (χ4v) is 11.0. The maximum absolute atomic E-state index is 15.5. The van der Waals surface area contributed by atoms with Crippen LogP contribution in [0.5, 0.6) is 0 Å². The van der Waals surface area contributed by atoms with Gasteiger partial charge in [-0.2, -0.15) is 0 Å². The highest BCUT2D eigenvalue weighted by Gasteiger charge is 2.46. The van der Waals surface area contributed by atoms with Gasteiger partial charge in [-0.25, -0.2) is 0 Å². The number of hydrogen-bond acceptors (Lipinski definition) is 14. The molecule has 1 rings (SSSR count). The molecule has 90 heavy (non-hydrogen) atoms. The molecule has 0 spiro atoms. The molecule has 3 N–H and O–H groups in total. The third-order valence-corrected chi connectivity index (χ3v) is 16.4. The summed E-state index contributed by atoms with van der Waals surface area (Å²) in [5.74, 6) is -11.6. The van der Waals surface area contributed by atoms with Crippen LogP contribution in [0.4, 0.5) is 0 Å². The number of esters is 1. The Hall–Kier alpha value is -6.59. The van der Waals surface area contributed by atoms with Crippen molar-refractivity contribution in [2.75, 3.05) is 61.8 Å². The number of hydrogen-bond donors (Lipinski definition) is 3. The molecule has 0 bridgehead atoms. The molecule has 0 radical (unpaired) electrons. The molecule has 0 saturated heterocycles. The van der Waals surface area contributed by atoms with Crippen LogP contribution in [0.25, 0.3) is 0 Å². The van der Waals surface area contributed by atoms with Crippen LogP contribution in [0.1, 0.15) is 156 Å². The van der Waals surface area contributed by atoms with Crippen molar-refractivity contribution >= 4 is 82.5 Å². The predicted octanol–water partition coefficient (Wildman–Crippen LogP) is 4.01. The molecule has 25 heteroatoms. The molecule has 1 heterocycles. The fraction of sp³-hybridized carbons (Fsp3) is 0.754. The highest BCUT2D eigenvalue weighted by atomic mass is 35.5. The Kier molecular flexibility index (Phi) is 34.1. The molecule has 0 fully saturated rings. The second kappa shape index (κ2) is 37.7. The third-order valence-electron chi connectivity index (χ3n) is 16.2. The van der Waals surface area contributed by atoms with Crippen LogP contribution in [-0.4, -0.2) is 234 Å². The lowest BCUT2D eigenvalue weighted by atomic mass is 9.94. The smallest absolute Gasteiger partial charge is 0.321 e. The molecule has 24 nitrogen and oxygen atoms in total. The number of carbonyl (C=O) groups is 11. The van der Waals surface area contributed by atoms with E-state index in [9.17, 15) is 38.7 Å². The number of likely N-dealkylation sites (N-methyl/N-ethyl adjacent to an activating group) is 7. The lowest BCUT2D eigenvalue weighted by molar-refractivity contribution is -0.226. The van der Waals surface area contributed by atoms with Gasteiger partial charge in [0, 0.05) is 49.3 Å². The van der Waals surface area contributed by atoms with Gasteiger partial charge in [0.05, 0.1) is 12.6 Å². The maximum atomic E-state index is 15.5. The van der Waals surface area contributed by atoms with Crippen LogP contribution in [0.15, 0.2) is 29.3 Å². The Balaban J connectivity index is 4.54. The number of allylic oxidation sites excluding steroid dienone is 2. The number of nitrogens with zero attached hydrogens (tertiary/aromatic N) is 8. The number of halogens is 1. The number of rotatable bonds is 18. The van der Waals surface area contributed by atoms with E-state index in [4.69, 9.17) is 16.3 Å². The first kappa shape index (κ1) is 81.4. The number of nitrogens with one attached hydrogen (secondary N) is 3. The summed E-state index contributed by atoms with van der Waals surface area (Å²) in [7, 11) is 9.71. The molecule has 0 aromatic rings. The van der Waals surface area contributed by atoms with Crippen LogP contribution < -0.4 is 21.1 Å². The SMILES string of the molecule is C=C(C/C=C/C)[C@@H](OC(=O)CCl)[C@H]1C(=O)NC(CCC)C(=O)N(C)CC(=O)N(C)C(CC(C)C)C(=O)N[C@@H](C(C)C)C(=O)N(C)[C@@H](CC(C)C)C([O-])=N[C@@H](C)C(=O)NC(C)C(=O)N(C)[C@@H](CC(C)C)C(=O)N(C)C(CC(C)C)C(=O)N(C)[C@@H](C(C)C)C(=O)N1C. The minimum atomic E-state index is -1.76. The van der Waals surface area contributed by atoms with Crippen molar-refractivity contribution < 1.29 is 62.6 Å². The van der Waals surface area contributed by atoms with E-state index >= 15 is 19.2 Å². The van der Waals surface area contributed by atoms with Crippen LogP contribution in [-0.2, 0) is 57.5 Å². The fourth-order valence-electron chi connectivity index (χ4n) is 10.9. The Morgan fingerprint density at radius 1 is 0.600 bits per heavy atom. The topological polar surface area (TPSA) is 291 Å². The summed E-state index contributed by atoms with van der Waals surface area (Å²) in [6.07, 6.45) is 2.69. The number of carbonyl (C=O) groups excluding carboxylic acids is 11. The van der Waals surface area contributed by atoms with Crippen molar-refractivity contribution in [1.29, 1.82) is 0 Å². The summed E-state index contributed by atoms with van der Waals surface area (Å²) in [4.78, 5) is 173. The van der Waals surface area contributed by atoms with E-state index in [2.05, 4.69) is 27.5 Å². The van der Waals surface area contributed by atoms with Gasteiger partial charge in [-0.1, -0.05) is 115 Å². The first-order valence-corrected chi connectivity index (χ1v) is 32.2. The molecule has 11 atom stereocenters. The quantitative estimate of drug-likeness (QED) is 0.0995. The van der Waals surface area contributed by atoms with Gasteiger partial charge >= 0.3 is 5.97 Å². The molecule has 512 valence electrons. The minimum Gasteiger partial charge on any atom is -0.861 e. The van der Waals surface area contributed by atoms with E-state index in [-0.39, 0.29) is 67.8 Å². The zero-order valence-electron chi connectivity index (χ0n) is 58.3. The molecule has 0 saturated carbocycles. The average Bonchev–Trinajstić information content (AvgIpc) is 0.990. The predicted molar refractivity (Wildman–Crippen MR) is 347 cm³/mol. The van der Waals surface area contributed by atoms with Crippen molar-refractivity contribution in [3.05, 3.63) is 24.3 Å². The first-order chi connectivity index (χ1) is 41.6. The molecular formula is C65H111ClN11O13-. The van der Waals surface area contributed by atoms with E-state index in [0.29, 0.717) is 6.42 Å². The van der Waals surface area contributed by atoms with Gasteiger partial charge in [0.1, 0.15) is 54.2 Å². The zero-order chi connectivity index (χ0) is 69.7. The van der Waals surface area contributed by atoms with Crippen molar-refractivity contribution in [3.8, 4) is 0 Å². The zero-order valence-corrected chi connectivity index (χ0v) is 59.1. The summed E-state index contributed by atoms with van der Waals surface area (Å²) in [5, 5.41) is 22.5. The largest absolute Gasteiger partial charge is 0.861 e. The van der Waals surface area contributed by atoms with E-state index in [1.807, 2.05) is 55.4 Å². The van der Waals surface area contributed by atoms with Gasteiger partial charge < -0.3 is 60.1 Å². The average molecular weight is 1290 g/mol. The molecule has 0 aromatic heterocycles. The second-order valence-corrected chi connectivity index (χ2v) is 26.9. The number of alkyl halides is 1. The molecule has 4 unspecified atom stereocenters. The normalized spacial score (nSPS) is 25.6. The summed E-state index contributed by atoms with van der Waals surface area (Å²) in [6.45, 7) is 31.4. The van der Waals surface area contributed by atoms with Gasteiger partial charge in [0.15, 0.2) is 12.1 Å². The Bertz CT molecular complexity index is 2560. The standard InChI is InChI=1S/C65H112ClN11O13/c1-25-27-29-42(15)55(90-51(79)34-66)54-59(83)69-45(28-26-2)61(85)71(18)35-50(78)72(19)46(30-36(3)4)58(82)70-52(40(11)12)64(88)73(20)47(31-37(5)6)57(81)67-43(16)56(80)68-44(17)60(84)74(21)48(32-38(7)8)62(86)75(22)49(33-39(9)10)63(87)76(23)53(41(13)14)65(89)77(54)24/h25,27,36-41,43-49,52-55H,15,26,28-35H2,1-14,16-24H3,(H,67,81)(H,68,80)(H,69,83)(H,70,82)/p-1/b27-25+/t43-,44?,45?,46?,47-,48-,49?,52-,53-,54-,55+/m0/s1. The first-order valence-electron chi connectivity index (χ1n) is 31.7. The van der Waals surface area contributed by atoms with E-state index < -0.39 is 162 Å². The molecule has 0 aliphatic carbocycles. The van der Waals surface area contributed by atoms with Gasteiger partial charge in [0.25, 0.3) is 0 Å². The van der Waals surface area contributed by atoms with E-state index in [1.165, 1.54) is 87.7 Å².